The number of nitrogens with one attached hydrogen (secondary N) is 4. The molecule has 1 fully saturated rings. The fourth-order valence-corrected chi connectivity index (χ4v) is 5.88. The number of hydrogen-bond donors (Lipinski definition) is 6. The number of carbonyl (C=O) groups is 5. The maximum atomic E-state index is 13.8. The molecule has 0 saturated heterocycles. The van der Waals surface area contributed by atoms with E-state index in [9.17, 15) is 29.1 Å². The minimum Gasteiger partial charge on any atom is -0.481 e. The molecule has 1 aromatic heterocycles. The maximum Gasteiger partial charge on any atom is 0.303 e. The Morgan fingerprint density at radius 3 is 2.16 bits per heavy atom. The second-order valence-corrected chi connectivity index (χ2v) is 14.0. The number of carboxylic acids is 1. The summed E-state index contributed by atoms with van der Waals surface area (Å²) in [5.74, 6) is -2.65. The third-order valence-corrected chi connectivity index (χ3v) is 9.08. The minimum absolute atomic E-state index is 0.0320. The first-order valence-corrected chi connectivity index (χ1v) is 17.9. The van der Waals surface area contributed by atoms with Gasteiger partial charge in [0.05, 0.1) is 30.3 Å². The predicted molar refractivity (Wildman–Crippen MR) is 189 cm³/mol. The molecule has 1 saturated carbocycles. The summed E-state index contributed by atoms with van der Waals surface area (Å²) in [7, 11) is 0. The number of benzene rings is 1. The number of nitrogens with zero attached hydrogens (tertiary/aromatic N) is 1. The van der Waals surface area contributed by atoms with Crippen molar-refractivity contribution >= 4 is 29.6 Å². The number of aliphatic carboxylic acids is 1. The van der Waals surface area contributed by atoms with E-state index in [0.717, 1.165) is 18.4 Å². The summed E-state index contributed by atoms with van der Waals surface area (Å²) in [5, 5.41) is 31.8. The van der Waals surface area contributed by atoms with Crippen LogP contribution in [0.1, 0.15) is 103 Å². The van der Waals surface area contributed by atoms with Gasteiger partial charge >= 0.3 is 5.97 Å². The molecule has 12 nitrogen and oxygen atoms in total. The second-order valence-electron chi connectivity index (χ2n) is 14.0. The van der Waals surface area contributed by atoms with E-state index >= 15 is 0 Å². The third-order valence-electron chi connectivity index (χ3n) is 9.08. The average Bonchev–Trinajstić information content (AvgIpc) is 3.90. The van der Waals surface area contributed by atoms with E-state index in [2.05, 4.69) is 26.3 Å². The van der Waals surface area contributed by atoms with Crippen LogP contribution in [0.3, 0.4) is 0 Å². The number of aliphatic hydroxyl groups is 1. The zero-order valence-corrected chi connectivity index (χ0v) is 29.8. The zero-order chi connectivity index (χ0) is 36.6. The molecule has 1 aliphatic rings. The van der Waals surface area contributed by atoms with Crippen molar-refractivity contribution < 1.29 is 34.2 Å². The Morgan fingerprint density at radius 2 is 1.56 bits per heavy atom. The first-order chi connectivity index (χ1) is 23.9. The number of carbonyl (C=O) groups excluding carboxylic acids is 4. The molecule has 0 radical (unpaired) electrons. The number of rotatable bonds is 22. The quantitative estimate of drug-likeness (QED) is 0.107. The van der Waals surface area contributed by atoms with Gasteiger partial charge in [-0.1, -0.05) is 83.4 Å². The van der Waals surface area contributed by atoms with Gasteiger partial charge in [-0.15, -0.1) is 0 Å². The van der Waals surface area contributed by atoms with Crippen molar-refractivity contribution in [3.8, 4) is 0 Å². The van der Waals surface area contributed by atoms with Crippen molar-refractivity contribution in [1.29, 1.82) is 0 Å². The molecule has 4 amide bonds. The third kappa shape index (κ3) is 14.3. The summed E-state index contributed by atoms with van der Waals surface area (Å²) in [6.45, 7) is 7.64. The van der Waals surface area contributed by atoms with Crippen molar-refractivity contribution in [3.63, 3.8) is 0 Å². The number of aromatic nitrogens is 1. The van der Waals surface area contributed by atoms with E-state index in [4.69, 9.17) is 5.11 Å². The van der Waals surface area contributed by atoms with E-state index in [0.29, 0.717) is 31.4 Å². The highest BCUT2D eigenvalue weighted by molar-refractivity contribution is 5.92. The van der Waals surface area contributed by atoms with Crippen molar-refractivity contribution in [2.24, 2.45) is 17.8 Å². The van der Waals surface area contributed by atoms with Gasteiger partial charge in [-0.3, -0.25) is 29.0 Å². The molecule has 2 aromatic rings. The van der Waals surface area contributed by atoms with Crippen LogP contribution in [0.25, 0.3) is 0 Å². The van der Waals surface area contributed by atoms with E-state index in [1.54, 1.807) is 12.3 Å². The lowest BCUT2D eigenvalue weighted by Crippen LogP contribution is -2.57. The predicted octanol–water partition coefficient (Wildman–Crippen LogP) is 3.83. The lowest BCUT2D eigenvalue weighted by atomic mass is 9.95. The number of carboxylic acid groups (broad SMARTS) is 1. The molecule has 274 valence electrons. The molecule has 1 heterocycles. The molecule has 50 heavy (non-hydrogen) atoms. The molecular weight excluding hydrogens is 638 g/mol. The zero-order valence-electron chi connectivity index (χ0n) is 29.8. The Kier molecular flexibility index (Phi) is 16.3. The van der Waals surface area contributed by atoms with Crippen LogP contribution in [0.2, 0.25) is 0 Å². The molecule has 1 aromatic carbocycles. The summed E-state index contributed by atoms with van der Waals surface area (Å²) in [6.07, 6.45) is 3.97. The average molecular weight is 694 g/mol. The highest BCUT2D eigenvalue weighted by Gasteiger charge is 2.35. The molecule has 3 rings (SSSR count). The topological polar surface area (TPSA) is 187 Å². The Balaban J connectivity index is 1.69. The largest absolute Gasteiger partial charge is 0.481 e. The maximum absolute atomic E-state index is 13.8. The normalized spacial score (nSPS) is 16.3. The van der Waals surface area contributed by atoms with Crippen LogP contribution >= 0.6 is 0 Å². The van der Waals surface area contributed by atoms with Crippen LogP contribution in [-0.2, 0) is 30.4 Å². The van der Waals surface area contributed by atoms with Gasteiger partial charge in [0.1, 0.15) is 12.1 Å². The number of aliphatic hydroxyl groups excluding tert-OH is 1. The van der Waals surface area contributed by atoms with Gasteiger partial charge in [0.15, 0.2) is 0 Å². The number of amides is 4. The van der Waals surface area contributed by atoms with Crippen LogP contribution in [-0.4, -0.2) is 69.0 Å². The van der Waals surface area contributed by atoms with Crippen molar-refractivity contribution in [3.05, 3.63) is 66.0 Å². The van der Waals surface area contributed by atoms with Gasteiger partial charge in [0.2, 0.25) is 23.6 Å². The monoisotopic (exact) mass is 693 g/mol. The van der Waals surface area contributed by atoms with Gasteiger partial charge < -0.3 is 31.5 Å². The van der Waals surface area contributed by atoms with Gasteiger partial charge in [-0.25, -0.2) is 0 Å². The smallest absolute Gasteiger partial charge is 0.303 e. The minimum atomic E-state index is -1.20. The van der Waals surface area contributed by atoms with E-state index in [-0.39, 0.29) is 49.3 Å². The van der Waals surface area contributed by atoms with Crippen LogP contribution in [0, 0.1) is 17.8 Å². The molecule has 1 aliphatic carbocycles. The van der Waals surface area contributed by atoms with Crippen LogP contribution in [0.5, 0.6) is 0 Å². The van der Waals surface area contributed by atoms with E-state index < -0.39 is 54.0 Å². The highest BCUT2D eigenvalue weighted by Crippen LogP contribution is 2.33. The molecule has 6 atom stereocenters. The number of hydrogen-bond acceptors (Lipinski definition) is 7. The Labute approximate surface area is 295 Å². The summed E-state index contributed by atoms with van der Waals surface area (Å²) >= 11 is 0. The second kappa shape index (κ2) is 20.4. The summed E-state index contributed by atoms with van der Waals surface area (Å²) < 4.78 is 0. The summed E-state index contributed by atoms with van der Waals surface area (Å²) in [4.78, 5) is 68.6. The van der Waals surface area contributed by atoms with E-state index in [1.165, 1.54) is 0 Å². The fraction of sp³-hybridized carbons (Fsp3) is 0.579. The molecular formula is C38H55N5O7. The van der Waals surface area contributed by atoms with Crippen molar-refractivity contribution in [1.82, 2.24) is 26.3 Å². The van der Waals surface area contributed by atoms with Crippen LogP contribution in [0.15, 0.2) is 54.7 Å². The van der Waals surface area contributed by atoms with Gasteiger partial charge in [-0.05, 0) is 61.1 Å². The molecule has 0 spiro atoms. The van der Waals surface area contributed by atoms with Crippen LogP contribution in [0.4, 0.5) is 0 Å². The Morgan fingerprint density at radius 1 is 0.860 bits per heavy atom. The molecule has 0 bridgehead atoms. The van der Waals surface area contributed by atoms with Crippen molar-refractivity contribution in [2.45, 2.75) is 122 Å². The summed E-state index contributed by atoms with van der Waals surface area (Å²) in [5.41, 5.74) is 1.71. The first-order valence-electron chi connectivity index (χ1n) is 17.9. The Hall–Kier alpha value is -4.32. The molecule has 6 N–H and O–H groups in total. The SMILES string of the molecule is CCC(C)[C@H](NC(=O)CCCC(=O)O)C(=O)N[C@@H](CC1CC1)C(=O)N[C@@H](CC(C)C)[C@@H](O)CC(=O)NC(Cc1ccccc1)c1ccccn1. The van der Waals surface area contributed by atoms with Crippen molar-refractivity contribution in [2.75, 3.05) is 0 Å². The van der Waals surface area contributed by atoms with Gasteiger partial charge in [0.25, 0.3) is 0 Å². The standard InChI is InChI=1S/C38H55N5O7/c1-5-25(4)36(43-33(45)15-11-16-35(47)48)38(50)42-31(22-27-17-18-27)37(49)41-30(20-24(2)3)32(44)23-34(46)40-29(28-14-9-10-19-39-28)21-26-12-7-6-8-13-26/h6-10,12-14,19,24-25,27,29-32,36,44H,5,11,15-18,20-23H2,1-4H3,(H,40,46)(H,41,49)(H,42,50)(H,43,45)(H,47,48)/t25?,29?,30-,31-,32-,36-/m0/s1. The fourth-order valence-electron chi connectivity index (χ4n) is 5.88. The molecule has 0 aliphatic heterocycles. The lowest BCUT2D eigenvalue weighted by molar-refractivity contribution is -0.137. The summed E-state index contributed by atoms with van der Waals surface area (Å²) in [6, 6.07) is 12.3. The molecule has 2 unspecified atom stereocenters. The highest BCUT2D eigenvalue weighted by atomic mass is 16.4. The lowest BCUT2D eigenvalue weighted by Gasteiger charge is -2.30. The Bertz CT molecular complexity index is 1390. The van der Waals surface area contributed by atoms with Gasteiger partial charge in [0, 0.05) is 19.0 Å². The van der Waals surface area contributed by atoms with Crippen LogP contribution < -0.4 is 21.3 Å². The first kappa shape index (κ1) is 40.1. The molecule has 12 heteroatoms. The van der Waals surface area contributed by atoms with Gasteiger partial charge in [-0.2, -0.15) is 0 Å². The number of pyridine rings is 1. The van der Waals surface area contributed by atoms with E-state index in [1.807, 2.05) is 70.2 Å².